The fraction of sp³-hybridized carbons (Fsp3) is 0.308. The molecule has 1 amide bonds. The van der Waals surface area contributed by atoms with Crippen LogP contribution in [0.1, 0.15) is 17.2 Å². The highest BCUT2D eigenvalue weighted by Crippen LogP contribution is 2.39. The summed E-state index contributed by atoms with van der Waals surface area (Å²) in [4.78, 5) is 29.9. The summed E-state index contributed by atoms with van der Waals surface area (Å²) >= 11 is 0. The number of carbonyl (C=O) groups is 2. The second kappa shape index (κ2) is 10.5. The van der Waals surface area contributed by atoms with Crippen molar-refractivity contribution in [3.8, 4) is 5.75 Å². The van der Waals surface area contributed by atoms with Crippen molar-refractivity contribution in [2.24, 2.45) is 0 Å². The van der Waals surface area contributed by atoms with Crippen molar-refractivity contribution >= 4 is 17.4 Å². The fourth-order valence-corrected chi connectivity index (χ4v) is 4.19. The van der Waals surface area contributed by atoms with Crippen LogP contribution >= 0.6 is 0 Å². The largest absolute Gasteiger partial charge is 0.507 e. The average Bonchev–Trinajstić information content (AvgIpc) is 3.12. The molecule has 0 unspecified atom stereocenters. The van der Waals surface area contributed by atoms with E-state index in [4.69, 9.17) is 9.47 Å². The van der Waals surface area contributed by atoms with Crippen molar-refractivity contribution in [2.75, 3.05) is 46.0 Å². The van der Waals surface area contributed by atoms with Gasteiger partial charge in [0.1, 0.15) is 18.1 Å². The molecule has 0 spiro atoms. The van der Waals surface area contributed by atoms with E-state index < -0.39 is 17.7 Å². The number of carbonyl (C=O) groups excluding carboxylic acids is 2. The van der Waals surface area contributed by atoms with Crippen molar-refractivity contribution < 1.29 is 24.2 Å². The minimum absolute atomic E-state index is 0.105. The summed E-state index contributed by atoms with van der Waals surface area (Å²) in [6.07, 6.45) is 1.64. The molecule has 2 aromatic rings. The Labute approximate surface area is 193 Å². The van der Waals surface area contributed by atoms with E-state index in [1.54, 1.807) is 35.2 Å². The molecule has 2 aliphatic rings. The highest BCUT2D eigenvalue weighted by molar-refractivity contribution is 6.46. The molecule has 0 aliphatic carbocycles. The molecule has 0 radical (unpaired) electrons. The third-order valence-electron chi connectivity index (χ3n) is 5.91. The van der Waals surface area contributed by atoms with Gasteiger partial charge in [0, 0.05) is 31.7 Å². The predicted octanol–water partition coefficient (Wildman–Crippen LogP) is 3.01. The first-order valence-electron chi connectivity index (χ1n) is 11.1. The number of ketones is 1. The van der Waals surface area contributed by atoms with Crippen LogP contribution in [-0.4, -0.2) is 72.6 Å². The van der Waals surface area contributed by atoms with Crippen molar-refractivity contribution in [3.05, 3.63) is 84.0 Å². The van der Waals surface area contributed by atoms with Gasteiger partial charge in [-0.3, -0.25) is 14.5 Å². The Morgan fingerprint density at radius 3 is 2.42 bits per heavy atom. The van der Waals surface area contributed by atoms with Gasteiger partial charge in [-0.1, -0.05) is 43.0 Å². The Balaban J connectivity index is 1.66. The molecule has 2 fully saturated rings. The van der Waals surface area contributed by atoms with Gasteiger partial charge in [-0.2, -0.15) is 0 Å². The number of morpholine rings is 1. The number of likely N-dealkylation sites (tertiary alicyclic amines) is 1. The van der Waals surface area contributed by atoms with Crippen LogP contribution in [0.25, 0.3) is 5.76 Å². The number of nitrogens with zero attached hydrogens (tertiary/aromatic N) is 2. The predicted molar refractivity (Wildman–Crippen MR) is 125 cm³/mol. The third-order valence-corrected chi connectivity index (χ3v) is 5.91. The van der Waals surface area contributed by atoms with Crippen molar-refractivity contribution in [1.82, 2.24) is 9.80 Å². The lowest BCUT2D eigenvalue weighted by Gasteiger charge is -2.31. The second-order valence-corrected chi connectivity index (χ2v) is 7.98. The number of hydrogen-bond donors (Lipinski definition) is 1. The molecular formula is C26H28N2O5. The number of ether oxygens (including phenoxy) is 2. The Morgan fingerprint density at radius 1 is 1.06 bits per heavy atom. The zero-order valence-corrected chi connectivity index (χ0v) is 18.5. The summed E-state index contributed by atoms with van der Waals surface area (Å²) in [7, 11) is 0. The van der Waals surface area contributed by atoms with E-state index in [0.29, 0.717) is 44.2 Å². The van der Waals surface area contributed by atoms with Gasteiger partial charge in [0.05, 0.1) is 24.8 Å². The van der Waals surface area contributed by atoms with E-state index in [2.05, 4.69) is 11.5 Å². The minimum atomic E-state index is -0.671. The summed E-state index contributed by atoms with van der Waals surface area (Å²) in [5.41, 5.74) is 1.34. The van der Waals surface area contributed by atoms with E-state index in [9.17, 15) is 14.7 Å². The molecule has 172 valence electrons. The number of rotatable bonds is 8. The lowest BCUT2D eigenvalue weighted by Crippen LogP contribution is -2.42. The first-order valence-corrected chi connectivity index (χ1v) is 11.1. The Bertz CT molecular complexity index is 1030. The lowest BCUT2D eigenvalue weighted by molar-refractivity contribution is -0.140. The molecule has 4 rings (SSSR count). The molecule has 2 heterocycles. The van der Waals surface area contributed by atoms with Crippen LogP contribution in [0, 0.1) is 0 Å². The summed E-state index contributed by atoms with van der Waals surface area (Å²) in [6.45, 7) is 7.91. The van der Waals surface area contributed by atoms with Crippen LogP contribution in [0.2, 0.25) is 0 Å². The molecule has 2 saturated heterocycles. The summed E-state index contributed by atoms with van der Waals surface area (Å²) in [5.74, 6) is -0.830. The first-order chi connectivity index (χ1) is 16.1. The summed E-state index contributed by atoms with van der Waals surface area (Å²) in [6, 6.07) is 15.5. The molecule has 1 atom stereocenters. The van der Waals surface area contributed by atoms with Gasteiger partial charge in [-0.05, 0) is 29.8 Å². The van der Waals surface area contributed by atoms with Gasteiger partial charge in [0.15, 0.2) is 0 Å². The molecule has 2 aliphatic heterocycles. The minimum Gasteiger partial charge on any atom is -0.507 e. The molecule has 1 N–H and O–H groups in total. The van der Waals surface area contributed by atoms with E-state index in [0.717, 1.165) is 18.7 Å². The SMILES string of the molecule is C=CCOc1ccc(C(O)=C2C(=O)C(=O)N(CCN3CCOCC3)[C@@H]2c2ccccc2)cc1. The van der Waals surface area contributed by atoms with Gasteiger partial charge < -0.3 is 19.5 Å². The van der Waals surface area contributed by atoms with Gasteiger partial charge >= 0.3 is 0 Å². The zero-order valence-electron chi connectivity index (χ0n) is 18.5. The number of benzene rings is 2. The number of aliphatic hydroxyl groups is 1. The van der Waals surface area contributed by atoms with Gasteiger partial charge in [0.2, 0.25) is 0 Å². The highest BCUT2D eigenvalue weighted by Gasteiger charge is 2.45. The molecular weight excluding hydrogens is 420 g/mol. The molecule has 2 aromatic carbocycles. The van der Waals surface area contributed by atoms with Crippen LogP contribution in [0.3, 0.4) is 0 Å². The van der Waals surface area contributed by atoms with Gasteiger partial charge in [0.25, 0.3) is 11.7 Å². The Hall–Kier alpha value is -3.42. The van der Waals surface area contributed by atoms with Crippen molar-refractivity contribution in [3.63, 3.8) is 0 Å². The van der Waals surface area contributed by atoms with Gasteiger partial charge in [-0.15, -0.1) is 0 Å². The monoisotopic (exact) mass is 448 g/mol. The molecule has 0 bridgehead atoms. The normalized spacial score (nSPS) is 20.7. The van der Waals surface area contributed by atoms with Gasteiger partial charge in [-0.25, -0.2) is 0 Å². The number of hydrogen-bond acceptors (Lipinski definition) is 6. The van der Waals surface area contributed by atoms with Crippen molar-refractivity contribution in [1.29, 1.82) is 0 Å². The molecule has 0 aromatic heterocycles. The maximum atomic E-state index is 13.1. The zero-order chi connectivity index (χ0) is 23.2. The third kappa shape index (κ3) is 4.99. The van der Waals surface area contributed by atoms with E-state index in [1.807, 2.05) is 30.3 Å². The molecule has 7 nitrogen and oxygen atoms in total. The lowest BCUT2D eigenvalue weighted by atomic mass is 9.95. The van der Waals surface area contributed by atoms with Crippen LogP contribution < -0.4 is 4.74 Å². The summed E-state index contributed by atoms with van der Waals surface area (Å²) in [5, 5.41) is 11.1. The number of amides is 1. The average molecular weight is 449 g/mol. The Kier molecular flexibility index (Phi) is 7.22. The standard InChI is InChI=1S/C26H28N2O5/c1-2-16-33-21-10-8-20(9-11-21)24(29)22-23(19-6-4-3-5-7-19)28(26(31)25(22)30)13-12-27-14-17-32-18-15-27/h2-11,23,29H,1,12-18H2/t23-/m1/s1. The van der Waals surface area contributed by atoms with Crippen LogP contribution in [-0.2, 0) is 14.3 Å². The van der Waals surface area contributed by atoms with E-state index in [-0.39, 0.29) is 11.3 Å². The van der Waals surface area contributed by atoms with Crippen molar-refractivity contribution in [2.45, 2.75) is 6.04 Å². The highest BCUT2D eigenvalue weighted by atomic mass is 16.5. The molecule has 33 heavy (non-hydrogen) atoms. The second-order valence-electron chi connectivity index (χ2n) is 7.98. The summed E-state index contributed by atoms with van der Waals surface area (Å²) < 4.78 is 10.9. The van der Waals surface area contributed by atoms with Crippen LogP contribution in [0.4, 0.5) is 0 Å². The maximum absolute atomic E-state index is 13.1. The number of aliphatic hydroxyl groups excluding tert-OH is 1. The smallest absolute Gasteiger partial charge is 0.295 e. The van der Waals surface area contributed by atoms with E-state index in [1.165, 1.54) is 0 Å². The molecule has 7 heteroatoms. The van der Waals surface area contributed by atoms with Crippen LogP contribution in [0.15, 0.2) is 72.8 Å². The van der Waals surface area contributed by atoms with Crippen LogP contribution in [0.5, 0.6) is 5.75 Å². The molecule has 0 saturated carbocycles. The quantitative estimate of drug-likeness (QED) is 0.290. The fourth-order valence-electron chi connectivity index (χ4n) is 4.19. The number of Topliss-reactive ketones (excluding diaryl/α,β-unsaturated/α-hetero) is 1. The van der Waals surface area contributed by atoms with E-state index >= 15 is 0 Å². The topological polar surface area (TPSA) is 79.3 Å². The maximum Gasteiger partial charge on any atom is 0.295 e. The first kappa shape index (κ1) is 22.8. The Morgan fingerprint density at radius 2 is 1.76 bits per heavy atom.